The predicted octanol–water partition coefficient (Wildman–Crippen LogP) is 1.44. The zero-order chi connectivity index (χ0) is 10.5. The van der Waals surface area contributed by atoms with E-state index in [1.165, 1.54) is 0 Å². The number of aromatic nitrogens is 4. The summed E-state index contributed by atoms with van der Waals surface area (Å²) < 4.78 is 1.99. The van der Waals surface area contributed by atoms with E-state index in [9.17, 15) is 0 Å². The molecule has 0 aromatic carbocycles. The van der Waals surface area contributed by atoms with Gasteiger partial charge < -0.3 is 9.88 Å². The van der Waals surface area contributed by atoms with Crippen LogP contribution in [0.2, 0.25) is 5.15 Å². The molecular formula is C9H10ClN5. The van der Waals surface area contributed by atoms with Gasteiger partial charge >= 0.3 is 0 Å². The highest BCUT2D eigenvalue weighted by atomic mass is 35.5. The Hall–Kier alpha value is -1.62. The number of rotatable bonds is 4. The number of nitrogens with zero attached hydrogens (tertiary/aromatic N) is 4. The molecule has 0 aliphatic rings. The highest BCUT2D eigenvalue weighted by Gasteiger charge is 1.95. The Morgan fingerprint density at radius 3 is 3.13 bits per heavy atom. The maximum atomic E-state index is 5.69. The van der Waals surface area contributed by atoms with Crippen LogP contribution >= 0.6 is 11.6 Å². The summed E-state index contributed by atoms with van der Waals surface area (Å²) in [5.74, 6) is 0. The highest BCUT2D eigenvalue weighted by molar-refractivity contribution is 6.29. The van der Waals surface area contributed by atoms with Gasteiger partial charge in [-0.05, 0) is 0 Å². The predicted molar refractivity (Wildman–Crippen MR) is 57.8 cm³/mol. The highest BCUT2D eigenvalue weighted by Crippen LogP contribution is 2.09. The lowest BCUT2D eigenvalue weighted by Crippen LogP contribution is -2.09. The van der Waals surface area contributed by atoms with Crippen LogP contribution in [0.1, 0.15) is 0 Å². The third-order valence-electron chi connectivity index (χ3n) is 1.88. The first kappa shape index (κ1) is 9.92. The summed E-state index contributed by atoms with van der Waals surface area (Å²) in [6.07, 6.45) is 7.09. The largest absolute Gasteiger partial charge is 0.382 e. The molecule has 0 unspecified atom stereocenters. The lowest BCUT2D eigenvalue weighted by Gasteiger charge is -2.05. The first-order valence-corrected chi connectivity index (χ1v) is 4.90. The molecule has 2 aromatic heterocycles. The molecule has 0 aliphatic heterocycles. The Balaban J connectivity index is 1.83. The van der Waals surface area contributed by atoms with E-state index in [0.717, 1.165) is 18.8 Å². The first-order valence-electron chi connectivity index (χ1n) is 4.52. The maximum absolute atomic E-state index is 5.69. The summed E-state index contributed by atoms with van der Waals surface area (Å²) >= 11 is 5.69. The minimum absolute atomic E-state index is 0.391. The molecule has 0 saturated carbocycles. The molecule has 15 heavy (non-hydrogen) atoms. The number of halogens is 1. The Morgan fingerprint density at radius 1 is 1.47 bits per heavy atom. The van der Waals surface area contributed by atoms with Crippen molar-refractivity contribution in [3.63, 3.8) is 0 Å². The number of hydrogen-bond acceptors (Lipinski definition) is 4. The quantitative estimate of drug-likeness (QED) is 0.852. The van der Waals surface area contributed by atoms with Crippen molar-refractivity contribution in [1.82, 2.24) is 19.7 Å². The SMILES string of the molecule is Clc1cc(NCCn2ccnc2)cnn1. The van der Waals surface area contributed by atoms with Crippen LogP contribution in [0.3, 0.4) is 0 Å². The standard InChI is InChI=1S/C9H10ClN5/c10-9-5-8(6-13-14-9)12-2-4-15-3-1-11-7-15/h1,3,5-7H,2,4H2,(H,12,14). The van der Waals surface area contributed by atoms with E-state index in [0.29, 0.717) is 5.15 Å². The first-order chi connectivity index (χ1) is 7.34. The van der Waals surface area contributed by atoms with Crippen LogP contribution in [-0.4, -0.2) is 26.3 Å². The monoisotopic (exact) mass is 223 g/mol. The van der Waals surface area contributed by atoms with Gasteiger partial charge in [-0.2, -0.15) is 5.10 Å². The molecule has 2 rings (SSSR count). The molecule has 2 aromatic rings. The van der Waals surface area contributed by atoms with E-state index in [1.54, 1.807) is 24.8 Å². The summed E-state index contributed by atoms with van der Waals surface area (Å²) in [5.41, 5.74) is 0.870. The summed E-state index contributed by atoms with van der Waals surface area (Å²) in [5, 5.41) is 11.0. The van der Waals surface area contributed by atoms with Crippen LogP contribution in [0.5, 0.6) is 0 Å². The Kier molecular flexibility index (Phi) is 3.14. The fourth-order valence-corrected chi connectivity index (χ4v) is 1.35. The molecule has 5 nitrogen and oxygen atoms in total. The summed E-state index contributed by atoms with van der Waals surface area (Å²) in [7, 11) is 0. The third-order valence-corrected chi connectivity index (χ3v) is 2.07. The topological polar surface area (TPSA) is 55.6 Å². The Labute approximate surface area is 92.1 Å². The van der Waals surface area contributed by atoms with Crippen molar-refractivity contribution in [2.45, 2.75) is 6.54 Å². The smallest absolute Gasteiger partial charge is 0.153 e. The van der Waals surface area contributed by atoms with Crippen LogP contribution in [0.25, 0.3) is 0 Å². The molecule has 0 bridgehead atoms. The van der Waals surface area contributed by atoms with Gasteiger partial charge in [0.1, 0.15) is 0 Å². The molecule has 0 saturated heterocycles. The van der Waals surface area contributed by atoms with Crippen molar-refractivity contribution in [1.29, 1.82) is 0 Å². The van der Waals surface area contributed by atoms with E-state index >= 15 is 0 Å². The Morgan fingerprint density at radius 2 is 2.40 bits per heavy atom. The van der Waals surface area contributed by atoms with Crippen LogP contribution in [0, 0.1) is 0 Å². The van der Waals surface area contributed by atoms with Crippen molar-refractivity contribution in [3.8, 4) is 0 Å². The maximum Gasteiger partial charge on any atom is 0.153 e. The fourth-order valence-electron chi connectivity index (χ4n) is 1.19. The molecule has 2 heterocycles. The third kappa shape index (κ3) is 2.92. The summed E-state index contributed by atoms with van der Waals surface area (Å²) in [4.78, 5) is 3.95. The number of nitrogens with one attached hydrogen (secondary N) is 1. The minimum atomic E-state index is 0.391. The zero-order valence-electron chi connectivity index (χ0n) is 7.97. The van der Waals surface area contributed by atoms with Gasteiger partial charge in [-0.3, -0.25) is 0 Å². The van der Waals surface area contributed by atoms with E-state index in [-0.39, 0.29) is 0 Å². The van der Waals surface area contributed by atoms with Crippen LogP contribution < -0.4 is 5.32 Å². The van der Waals surface area contributed by atoms with Gasteiger partial charge in [0.2, 0.25) is 0 Å². The minimum Gasteiger partial charge on any atom is -0.382 e. The van der Waals surface area contributed by atoms with Gasteiger partial charge in [-0.1, -0.05) is 11.6 Å². The van der Waals surface area contributed by atoms with Gasteiger partial charge in [-0.25, -0.2) is 4.98 Å². The van der Waals surface area contributed by atoms with Crippen molar-refractivity contribution in [2.24, 2.45) is 0 Å². The second-order valence-corrected chi connectivity index (χ2v) is 3.38. The molecular weight excluding hydrogens is 214 g/mol. The van der Waals surface area contributed by atoms with Crippen molar-refractivity contribution >= 4 is 17.3 Å². The number of anilines is 1. The average molecular weight is 224 g/mol. The lowest BCUT2D eigenvalue weighted by atomic mass is 10.4. The van der Waals surface area contributed by atoms with Gasteiger partial charge in [-0.15, -0.1) is 5.10 Å². The molecule has 0 radical (unpaired) electrons. The van der Waals surface area contributed by atoms with Crippen molar-refractivity contribution < 1.29 is 0 Å². The molecule has 0 fully saturated rings. The second-order valence-electron chi connectivity index (χ2n) is 2.99. The summed E-state index contributed by atoms with van der Waals surface area (Å²) in [6.45, 7) is 1.64. The molecule has 0 aliphatic carbocycles. The normalized spacial score (nSPS) is 10.2. The Bertz CT molecular complexity index is 414. The average Bonchev–Trinajstić information content (AvgIpc) is 2.71. The molecule has 0 atom stereocenters. The van der Waals surface area contributed by atoms with Gasteiger partial charge in [0.05, 0.1) is 18.2 Å². The molecule has 78 valence electrons. The van der Waals surface area contributed by atoms with Crippen LogP contribution in [-0.2, 0) is 6.54 Å². The zero-order valence-corrected chi connectivity index (χ0v) is 8.72. The van der Waals surface area contributed by atoms with Crippen molar-refractivity contribution in [2.75, 3.05) is 11.9 Å². The van der Waals surface area contributed by atoms with Gasteiger partial charge in [0.15, 0.2) is 5.15 Å². The van der Waals surface area contributed by atoms with E-state index in [1.807, 2.05) is 10.8 Å². The second kappa shape index (κ2) is 4.75. The van der Waals surface area contributed by atoms with Crippen molar-refractivity contribution in [3.05, 3.63) is 36.1 Å². The number of imidazole rings is 1. The van der Waals surface area contributed by atoms with E-state index in [2.05, 4.69) is 20.5 Å². The molecule has 0 amide bonds. The molecule has 0 spiro atoms. The van der Waals surface area contributed by atoms with Gasteiger partial charge in [0, 0.05) is 31.5 Å². The lowest BCUT2D eigenvalue weighted by molar-refractivity contribution is 0.726. The van der Waals surface area contributed by atoms with E-state index in [4.69, 9.17) is 11.6 Å². The van der Waals surface area contributed by atoms with Crippen LogP contribution in [0.15, 0.2) is 31.0 Å². The van der Waals surface area contributed by atoms with Gasteiger partial charge in [0.25, 0.3) is 0 Å². The van der Waals surface area contributed by atoms with E-state index < -0.39 is 0 Å². The molecule has 1 N–H and O–H groups in total. The molecule has 6 heteroatoms. The van der Waals surface area contributed by atoms with Crippen LogP contribution in [0.4, 0.5) is 5.69 Å². The summed E-state index contributed by atoms with van der Waals surface area (Å²) in [6, 6.07) is 1.74. The fraction of sp³-hybridized carbons (Fsp3) is 0.222. The number of hydrogen-bond donors (Lipinski definition) is 1.